The second kappa shape index (κ2) is 9.93. The summed E-state index contributed by atoms with van der Waals surface area (Å²) >= 11 is 12.7. The van der Waals surface area contributed by atoms with Crippen LogP contribution in [0.15, 0.2) is 72.0 Å². The van der Waals surface area contributed by atoms with Crippen LogP contribution < -0.4 is 15.6 Å². The van der Waals surface area contributed by atoms with Crippen LogP contribution >= 0.6 is 23.2 Å². The Morgan fingerprint density at radius 1 is 1.00 bits per heavy atom. The van der Waals surface area contributed by atoms with Crippen molar-refractivity contribution in [3.63, 3.8) is 0 Å². The van der Waals surface area contributed by atoms with E-state index in [0.29, 0.717) is 56.3 Å². The number of fused-ring (bicyclic) bond motifs is 1. The molecule has 0 bridgehead atoms. The van der Waals surface area contributed by atoms with Gasteiger partial charge in [0.1, 0.15) is 23.8 Å². The molecule has 1 N–H and O–H groups in total. The molecule has 36 heavy (non-hydrogen) atoms. The number of nitrogens with zero attached hydrogens (tertiary/aromatic N) is 5. The highest BCUT2D eigenvalue weighted by molar-refractivity contribution is 6.39. The number of hydrogen-bond acceptors (Lipinski definition) is 7. The standard InChI is InChI=1S/C26H20Cl2N6O2/c1-15-8-16(11-29-10-15)14-36-18-6-7-22(30-13-18)32-26-31-12-17-9-19(25(35)34(2)24(17)33-26)23-20(27)4-3-5-21(23)28/h3-13H,14H2,1-2H3,(H,30,31,32,33). The smallest absolute Gasteiger partial charge is 0.259 e. The third-order valence-electron chi connectivity index (χ3n) is 5.49. The normalized spacial score (nSPS) is 11.0. The lowest BCUT2D eigenvalue weighted by molar-refractivity contribution is 0.304. The van der Waals surface area contributed by atoms with Crippen LogP contribution in [0.25, 0.3) is 22.2 Å². The maximum atomic E-state index is 13.1. The highest BCUT2D eigenvalue weighted by Gasteiger charge is 2.16. The number of nitrogens with one attached hydrogen (secondary N) is 1. The molecule has 5 aromatic rings. The highest BCUT2D eigenvalue weighted by Crippen LogP contribution is 2.33. The number of anilines is 2. The van der Waals surface area contributed by atoms with E-state index in [2.05, 4.69) is 25.3 Å². The summed E-state index contributed by atoms with van der Waals surface area (Å²) in [4.78, 5) is 30.5. The molecular weight excluding hydrogens is 499 g/mol. The van der Waals surface area contributed by atoms with Crippen LogP contribution in [-0.4, -0.2) is 24.5 Å². The number of aryl methyl sites for hydroxylation is 2. The molecule has 0 radical (unpaired) electrons. The lowest BCUT2D eigenvalue weighted by Crippen LogP contribution is -2.20. The first-order chi connectivity index (χ1) is 17.4. The topological polar surface area (TPSA) is 94.8 Å². The second-order valence-electron chi connectivity index (χ2n) is 8.15. The minimum absolute atomic E-state index is 0.273. The number of pyridine rings is 3. The van der Waals surface area contributed by atoms with Gasteiger partial charge in [-0.25, -0.2) is 9.97 Å². The van der Waals surface area contributed by atoms with Crippen molar-refractivity contribution < 1.29 is 4.74 Å². The molecule has 1 aromatic carbocycles. The van der Waals surface area contributed by atoms with Gasteiger partial charge in [0.05, 0.1) is 21.8 Å². The number of hydrogen-bond donors (Lipinski definition) is 1. The van der Waals surface area contributed by atoms with E-state index < -0.39 is 0 Å². The van der Waals surface area contributed by atoms with E-state index in [9.17, 15) is 4.79 Å². The molecule has 4 aromatic heterocycles. The van der Waals surface area contributed by atoms with E-state index in [0.717, 1.165) is 11.1 Å². The van der Waals surface area contributed by atoms with E-state index in [1.807, 2.05) is 13.0 Å². The predicted octanol–water partition coefficient (Wildman–Crippen LogP) is 5.72. The van der Waals surface area contributed by atoms with E-state index in [4.69, 9.17) is 27.9 Å². The van der Waals surface area contributed by atoms with Crippen molar-refractivity contribution in [1.29, 1.82) is 0 Å². The van der Waals surface area contributed by atoms with Gasteiger partial charge >= 0.3 is 0 Å². The van der Waals surface area contributed by atoms with Crippen LogP contribution in [0, 0.1) is 6.92 Å². The molecule has 0 saturated carbocycles. The van der Waals surface area contributed by atoms with Gasteiger partial charge in [-0.2, -0.15) is 4.98 Å². The maximum absolute atomic E-state index is 13.1. The SMILES string of the molecule is Cc1cncc(COc2ccc(Nc3ncc4cc(-c5c(Cl)cccc5Cl)c(=O)n(C)c4n3)nc2)c1. The van der Waals surface area contributed by atoms with Gasteiger partial charge < -0.3 is 10.1 Å². The van der Waals surface area contributed by atoms with Gasteiger partial charge in [-0.05, 0) is 48.9 Å². The van der Waals surface area contributed by atoms with Crippen LogP contribution in [0.1, 0.15) is 11.1 Å². The predicted molar refractivity (Wildman–Crippen MR) is 141 cm³/mol. The average molecular weight is 519 g/mol. The Bertz CT molecular complexity index is 1620. The van der Waals surface area contributed by atoms with Crippen LogP contribution in [0.3, 0.4) is 0 Å². The molecule has 0 saturated heterocycles. The van der Waals surface area contributed by atoms with Crippen LogP contribution in [0.4, 0.5) is 11.8 Å². The Morgan fingerprint density at radius 3 is 2.53 bits per heavy atom. The third-order valence-corrected chi connectivity index (χ3v) is 6.12. The van der Waals surface area contributed by atoms with E-state index >= 15 is 0 Å². The fraction of sp³-hybridized carbons (Fsp3) is 0.115. The van der Waals surface area contributed by atoms with Gasteiger partial charge in [0, 0.05) is 42.2 Å². The fourth-order valence-electron chi connectivity index (χ4n) is 3.76. The molecule has 0 unspecified atom stereocenters. The van der Waals surface area contributed by atoms with Crippen molar-refractivity contribution in [3.05, 3.63) is 98.8 Å². The molecule has 180 valence electrons. The van der Waals surface area contributed by atoms with Crippen molar-refractivity contribution in [2.24, 2.45) is 7.05 Å². The Kier molecular flexibility index (Phi) is 6.54. The zero-order valence-electron chi connectivity index (χ0n) is 19.4. The average Bonchev–Trinajstić information content (AvgIpc) is 2.87. The number of aromatic nitrogens is 5. The van der Waals surface area contributed by atoms with Gasteiger partial charge in [-0.1, -0.05) is 29.3 Å². The van der Waals surface area contributed by atoms with Gasteiger partial charge in [0.25, 0.3) is 5.56 Å². The molecule has 5 rings (SSSR count). The van der Waals surface area contributed by atoms with Gasteiger partial charge in [-0.3, -0.25) is 14.3 Å². The Hall–Kier alpha value is -4.01. The first-order valence-electron chi connectivity index (χ1n) is 11.0. The lowest BCUT2D eigenvalue weighted by atomic mass is 10.1. The van der Waals surface area contributed by atoms with Gasteiger partial charge in [0.2, 0.25) is 5.95 Å². The third kappa shape index (κ3) is 4.86. The molecule has 10 heteroatoms. The van der Waals surface area contributed by atoms with E-state index in [1.54, 1.807) is 68.2 Å². The number of rotatable bonds is 6. The Balaban J connectivity index is 1.37. The van der Waals surface area contributed by atoms with Gasteiger partial charge in [0.15, 0.2) is 0 Å². The molecule has 0 aliphatic heterocycles. The first kappa shape index (κ1) is 23.7. The molecular formula is C26H20Cl2N6O2. The highest BCUT2D eigenvalue weighted by atomic mass is 35.5. The number of halogens is 2. The zero-order valence-corrected chi connectivity index (χ0v) is 20.9. The Morgan fingerprint density at radius 2 is 1.81 bits per heavy atom. The summed E-state index contributed by atoms with van der Waals surface area (Å²) in [6.45, 7) is 2.38. The van der Waals surface area contributed by atoms with Crippen molar-refractivity contribution in [2.45, 2.75) is 13.5 Å². The van der Waals surface area contributed by atoms with E-state index in [-0.39, 0.29) is 5.56 Å². The molecule has 0 amide bonds. The summed E-state index contributed by atoms with van der Waals surface area (Å²) in [7, 11) is 1.64. The lowest BCUT2D eigenvalue weighted by Gasteiger charge is -2.12. The second-order valence-corrected chi connectivity index (χ2v) is 8.97. The summed E-state index contributed by atoms with van der Waals surface area (Å²) < 4.78 is 7.23. The van der Waals surface area contributed by atoms with Gasteiger partial charge in [-0.15, -0.1) is 0 Å². The van der Waals surface area contributed by atoms with Crippen molar-refractivity contribution in [1.82, 2.24) is 24.5 Å². The summed E-state index contributed by atoms with van der Waals surface area (Å²) in [6, 6.07) is 12.4. The largest absolute Gasteiger partial charge is 0.487 e. The van der Waals surface area contributed by atoms with Crippen molar-refractivity contribution in [2.75, 3.05) is 5.32 Å². The van der Waals surface area contributed by atoms with Crippen LogP contribution in [0.2, 0.25) is 10.0 Å². The molecule has 8 nitrogen and oxygen atoms in total. The molecule has 0 aliphatic carbocycles. The summed E-state index contributed by atoms with van der Waals surface area (Å²) in [6.07, 6.45) is 6.81. The number of benzene rings is 1. The number of ether oxygens (including phenoxy) is 1. The summed E-state index contributed by atoms with van der Waals surface area (Å²) in [5.41, 5.74) is 3.10. The monoisotopic (exact) mass is 518 g/mol. The van der Waals surface area contributed by atoms with E-state index in [1.165, 1.54) is 4.57 Å². The van der Waals surface area contributed by atoms with Crippen molar-refractivity contribution >= 4 is 46.0 Å². The molecule has 4 heterocycles. The Labute approximate surface area is 216 Å². The molecule has 0 spiro atoms. The summed E-state index contributed by atoms with van der Waals surface area (Å²) in [5, 5.41) is 4.51. The first-order valence-corrected chi connectivity index (χ1v) is 11.7. The van der Waals surface area contributed by atoms with Crippen molar-refractivity contribution in [3.8, 4) is 16.9 Å². The molecule has 0 fully saturated rings. The summed E-state index contributed by atoms with van der Waals surface area (Å²) in [5.74, 6) is 1.45. The molecule has 0 atom stereocenters. The molecule has 0 aliphatic rings. The maximum Gasteiger partial charge on any atom is 0.259 e. The van der Waals surface area contributed by atoms with Crippen LogP contribution in [0.5, 0.6) is 5.75 Å². The minimum atomic E-state index is -0.273. The zero-order chi connectivity index (χ0) is 25.2. The minimum Gasteiger partial charge on any atom is -0.487 e. The quantitative estimate of drug-likeness (QED) is 0.307. The van der Waals surface area contributed by atoms with Crippen LogP contribution in [-0.2, 0) is 13.7 Å². The fourth-order valence-corrected chi connectivity index (χ4v) is 4.36.